The lowest BCUT2D eigenvalue weighted by molar-refractivity contribution is 0.0966. The molecule has 0 saturated carbocycles. The minimum absolute atomic E-state index is 0.0454. The Labute approximate surface area is 178 Å². The van der Waals surface area contributed by atoms with E-state index in [9.17, 15) is 9.18 Å². The number of hydrogen-bond donors (Lipinski definition) is 1. The molecule has 1 fully saturated rings. The Morgan fingerprint density at radius 1 is 1.33 bits per heavy atom. The molecule has 5 nitrogen and oxygen atoms in total. The summed E-state index contributed by atoms with van der Waals surface area (Å²) in [4.78, 5) is 21.1. The molecule has 7 heteroatoms. The van der Waals surface area contributed by atoms with Crippen LogP contribution >= 0.6 is 11.3 Å². The number of hydrogen-bond acceptors (Lipinski definition) is 4. The quantitative estimate of drug-likeness (QED) is 0.534. The first-order chi connectivity index (χ1) is 14.5. The fraction of sp³-hybridized carbons (Fsp3) is 0.304. The predicted molar refractivity (Wildman–Crippen MR) is 119 cm³/mol. The van der Waals surface area contributed by atoms with E-state index in [1.54, 1.807) is 19.3 Å². The van der Waals surface area contributed by atoms with E-state index >= 15 is 0 Å². The van der Waals surface area contributed by atoms with E-state index in [-0.39, 0.29) is 17.6 Å². The fourth-order valence-electron chi connectivity index (χ4n) is 4.66. The molecule has 0 bridgehead atoms. The van der Waals surface area contributed by atoms with Crippen molar-refractivity contribution in [2.24, 2.45) is 7.05 Å². The molecule has 154 valence electrons. The van der Waals surface area contributed by atoms with Gasteiger partial charge >= 0.3 is 0 Å². The van der Waals surface area contributed by atoms with Crippen LogP contribution in [0.25, 0.3) is 21.1 Å². The van der Waals surface area contributed by atoms with E-state index in [4.69, 9.17) is 0 Å². The summed E-state index contributed by atoms with van der Waals surface area (Å²) in [6.45, 7) is 2.59. The number of nitrogens with zero attached hydrogens (tertiary/aromatic N) is 3. The van der Waals surface area contributed by atoms with Crippen LogP contribution in [0.5, 0.6) is 0 Å². The maximum atomic E-state index is 13.8. The van der Waals surface area contributed by atoms with E-state index < -0.39 is 0 Å². The number of likely N-dealkylation sites (tertiary alicyclic amines) is 1. The van der Waals surface area contributed by atoms with E-state index in [0.29, 0.717) is 0 Å². The van der Waals surface area contributed by atoms with Crippen molar-refractivity contribution in [3.8, 4) is 0 Å². The molecule has 5 rings (SSSR count). The van der Waals surface area contributed by atoms with Crippen molar-refractivity contribution in [3.63, 3.8) is 0 Å². The molecule has 1 amide bonds. The van der Waals surface area contributed by atoms with Gasteiger partial charge in [0.1, 0.15) is 10.6 Å². The smallest absolute Gasteiger partial charge is 0.261 e. The van der Waals surface area contributed by atoms with Crippen LogP contribution < -0.4 is 5.32 Å². The zero-order valence-electron chi connectivity index (χ0n) is 17.0. The summed E-state index contributed by atoms with van der Waals surface area (Å²) in [7, 11) is 3.67. The zero-order chi connectivity index (χ0) is 20.8. The van der Waals surface area contributed by atoms with E-state index in [1.165, 1.54) is 17.4 Å². The molecule has 30 heavy (non-hydrogen) atoms. The van der Waals surface area contributed by atoms with E-state index in [2.05, 4.69) is 32.0 Å². The van der Waals surface area contributed by atoms with Crippen LogP contribution in [-0.4, -0.2) is 40.5 Å². The van der Waals surface area contributed by atoms with Gasteiger partial charge in [0.2, 0.25) is 0 Å². The lowest BCUT2D eigenvalue weighted by atomic mass is 9.95. The Morgan fingerprint density at radius 2 is 2.20 bits per heavy atom. The van der Waals surface area contributed by atoms with Crippen molar-refractivity contribution in [1.82, 2.24) is 19.8 Å². The van der Waals surface area contributed by atoms with E-state index in [0.717, 1.165) is 63.2 Å². The molecule has 0 radical (unpaired) electrons. The van der Waals surface area contributed by atoms with Crippen LogP contribution in [0.1, 0.15) is 33.1 Å². The number of fused-ring (bicyclic) bond motifs is 2. The third kappa shape index (κ3) is 3.18. The number of carbonyl (C=O) groups is 1. The molecule has 0 spiro atoms. The summed E-state index contributed by atoms with van der Waals surface area (Å²) in [6.07, 6.45) is 4.86. The molecule has 1 unspecified atom stereocenters. The standard InChI is InChI=1S/C23H23FN4OS/c1-25-22(29)21-20(17-4-3-8-26-23(17)30-21)14-7-9-28(12-14)13-15-11-27(2)19-6-5-16(24)10-18(15)19/h3-6,8,10-11,14H,7,9,12-13H2,1-2H3,(H,25,29). The normalized spacial score (nSPS) is 17.2. The Balaban J connectivity index is 1.45. The number of amides is 1. The van der Waals surface area contributed by atoms with Gasteiger partial charge in [0.05, 0.1) is 4.88 Å². The van der Waals surface area contributed by atoms with Gasteiger partial charge in [0.25, 0.3) is 5.91 Å². The van der Waals surface area contributed by atoms with Crippen LogP contribution in [-0.2, 0) is 13.6 Å². The van der Waals surface area contributed by atoms with Gasteiger partial charge in [-0.05, 0) is 48.4 Å². The second kappa shape index (κ2) is 7.49. The molecule has 4 heterocycles. The van der Waals surface area contributed by atoms with Gasteiger partial charge in [-0.1, -0.05) is 6.07 Å². The molecular formula is C23H23FN4OS. The average molecular weight is 423 g/mol. The van der Waals surface area contributed by atoms with Crippen LogP contribution in [0.4, 0.5) is 4.39 Å². The fourth-order valence-corrected chi connectivity index (χ4v) is 5.84. The van der Waals surface area contributed by atoms with Crippen LogP contribution in [0.15, 0.2) is 42.7 Å². The van der Waals surface area contributed by atoms with Crippen molar-refractivity contribution >= 4 is 38.4 Å². The van der Waals surface area contributed by atoms with Gasteiger partial charge in [-0.2, -0.15) is 0 Å². The summed E-state index contributed by atoms with van der Waals surface area (Å²) in [5.41, 5.74) is 3.30. The highest BCUT2D eigenvalue weighted by Gasteiger charge is 2.31. The van der Waals surface area contributed by atoms with Crippen LogP contribution in [0, 0.1) is 5.82 Å². The number of benzene rings is 1. The Bertz CT molecular complexity index is 1260. The van der Waals surface area contributed by atoms with Gasteiger partial charge in [-0.25, -0.2) is 9.37 Å². The molecule has 3 aromatic heterocycles. The molecule has 1 saturated heterocycles. The van der Waals surface area contributed by atoms with Gasteiger partial charge in [-0.15, -0.1) is 11.3 Å². The third-order valence-corrected chi connectivity index (χ3v) is 7.17. The van der Waals surface area contributed by atoms with Gasteiger partial charge in [-0.3, -0.25) is 9.69 Å². The molecule has 1 aliphatic heterocycles. The lowest BCUT2D eigenvalue weighted by Crippen LogP contribution is -2.21. The largest absolute Gasteiger partial charge is 0.354 e. The maximum Gasteiger partial charge on any atom is 0.261 e. The number of thiophene rings is 1. The second-order valence-corrected chi connectivity index (χ2v) is 8.93. The van der Waals surface area contributed by atoms with Crippen molar-refractivity contribution in [1.29, 1.82) is 0 Å². The van der Waals surface area contributed by atoms with Crippen LogP contribution in [0.3, 0.4) is 0 Å². The number of aromatic nitrogens is 2. The first-order valence-corrected chi connectivity index (χ1v) is 10.9. The molecule has 1 atom stereocenters. The number of nitrogens with one attached hydrogen (secondary N) is 1. The summed E-state index contributed by atoms with van der Waals surface area (Å²) >= 11 is 1.47. The van der Waals surface area contributed by atoms with Crippen molar-refractivity contribution < 1.29 is 9.18 Å². The van der Waals surface area contributed by atoms with Crippen molar-refractivity contribution in [3.05, 3.63) is 64.5 Å². The SMILES string of the molecule is CNC(=O)c1sc2ncccc2c1C1CCN(Cc2cn(C)c3ccc(F)cc23)C1. The van der Waals surface area contributed by atoms with E-state index in [1.807, 2.05) is 19.2 Å². The van der Waals surface area contributed by atoms with Crippen molar-refractivity contribution in [2.45, 2.75) is 18.9 Å². The molecule has 1 N–H and O–H groups in total. The molecule has 1 aromatic carbocycles. The Morgan fingerprint density at radius 3 is 3.03 bits per heavy atom. The zero-order valence-corrected chi connectivity index (χ0v) is 17.8. The highest BCUT2D eigenvalue weighted by Crippen LogP contribution is 2.40. The topological polar surface area (TPSA) is 50.2 Å². The average Bonchev–Trinajstić information content (AvgIpc) is 3.43. The first-order valence-electron chi connectivity index (χ1n) is 10.1. The van der Waals surface area contributed by atoms with Gasteiger partial charge in [0.15, 0.2) is 0 Å². The summed E-state index contributed by atoms with van der Waals surface area (Å²) in [6, 6.07) is 8.97. The predicted octanol–water partition coefficient (Wildman–Crippen LogP) is 4.28. The second-order valence-electron chi connectivity index (χ2n) is 7.93. The first kappa shape index (κ1) is 19.2. The van der Waals surface area contributed by atoms with Crippen molar-refractivity contribution in [2.75, 3.05) is 20.1 Å². The highest BCUT2D eigenvalue weighted by atomic mass is 32.1. The van der Waals surface area contributed by atoms with Crippen LogP contribution in [0.2, 0.25) is 0 Å². The Hall–Kier alpha value is -2.77. The van der Waals surface area contributed by atoms with Gasteiger partial charge in [0, 0.05) is 61.8 Å². The lowest BCUT2D eigenvalue weighted by Gasteiger charge is -2.16. The summed E-state index contributed by atoms with van der Waals surface area (Å²) in [5.74, 6) is 0.0275. The number of pyridine rings is 1. The summed E-state index contributed by atoms with van der Waals surface area (Å²) < 4.78 is 15.9. The molecule has 1 aliphatic rings. The minimum atomic E-state index is -0.207. The molecule has 0 aliphatic carbocycles. The number of aryl methyl sites for hydroxylation is 1. The number of rotatable bonds is 4. The van der Waals surface area contributed by atoms with Gasteiger partial charge < -0.3 is 9.88 Å². The number of halogens is 1. The monoisotopic (exact) mass is 422 g/mol. The molecular weight excluding hydrogens is 399 g/mol. The molecule has 4 aromatic rings. The third-order valence-electron chi connectivity index (χ3n) is 6.05. The highest BCUT2D eigenvalue weighted by molar-refractivity contribution is 7.20. The number of carbonyl (C=O) groups excluding carboxylic acids is 1. The maximum absolute atomic E-state index is 13.8. The summed E-state index contributed by atoms with van der Waals surface area (Å²) in [5, 5.41) is 4.83. The Kier molecular flexibility index (Phi) is 4.79. The minimum Gasteiger partial charge on any atom is -0.354 e.